The number of aromatic nitrogens is 5. The van der Waals surface area contributed by atoms with Gasteiger partial charge in [-0.2, -0.15) is 4.98 Å². The summed E-state index contributed by atoms with van der Waals surface area (Å²) >= 11 is 1.33. The van der Waals surface area contributed by atoms with E-state index in [1.165, 1.54) is 11.3 Å². The summed E-state index contributed by atoms with van der Waals surface area (Å²) in [6.45, 7) is 3.67. The van der Waals surface area contributed by atoms with Gasteiger partial charge in [-0.05, 0) is 63.2 Å². The lowest BCUT2D eigenvalue weighted by atomic mass is 10.1. The maximum Gasteiger partial charge on any atom is 0.348 e. The second-order valence-corrected chi connectivity index (χ2v) is 8.91. The van der Waals surface area contributed by atoms with Crippen molar-refractivity contribution in [2.75, 3.05) is 23.7 Å². The highest BCUT2D eigenvalue weighted by atomic mass is 32.1. The van der Waals surface area contributed by atoms with Crippen LogP contribution in [0.4, 0.5) is 23.3 Å². The molecule has 1 saturated heterocycles. The predicted molar refractivity (Wildman–Crippen MR) is 134 cm³/mol. The van der Waals surface area contributed by atoms with E-state index in [-0.39, 0.29) is 12.1 Å². The highest BCUT2D eigenvalue weighted by Gasteiger charge is 2.20. The quantitative estimate of drug-likeness (QED) is 0.327. The van der Waals surface area contributed by atoms with Crippen LogP contribution in [0.25, 0.3) is 11.5 Å². The average Bonchev–Trinajstić information content (AvgIpc) is 3.34. The predicted octanol–water partition coefficient (Wildman–Crippen LogP) is 4.09. The second-order valence-electron chi connectivity index (χ2n) is 8.00. The van der Waals surface area contributed by atoms with Crippen LogP contribution in [0.3, 0.4) is 0 Å². The first-order chi connectivity index (χ1) is 17.1. The summed E-state index contributed by atoms with van der Waals surface area (Å²) in [4.78, 5) is 35.1. The fourth-order valence-corrected chi connectivity index (χ4v) is 4.32. The van der Waals surface area contributed by atoms with Crippen LogP contribution in [0.1, 0.15) is 28.2 Å². The first kappa shape index (κ1) is 22.8. The van der Waals surface area contributed by atoms with Crippen molar-refractivity contribution >= 4 is 40.6 Å². The number of piperidine rings is 1. The van der Waals surface area contributed by atoms with Crippen LogP contribution in [0.5, 0.6) is 0 Å². The number of pyridine rings is 1. The molecule has 35 heavy (non-hydrogen) atoms. The van der Waals surface area contributed by atoms with E-state index in [0.29, 0.717) is 34.0 Å². The van der Waals surface area contributed by atoms with Crippen LogP contribution in [-0.4, -0.2) is 50.1 Å². The Labute approximate surface area is 206 Å². The minimum absolute atomic E-state index is 0.0302. The first-order valence-corrected chi connectivity index (χ1v) is 12.1. The van der Waals surface area contributed by atoms with Gasteiger partial charge in [-0.1, -0.05) is 6.07 Å². The standard InChI is InChI=1S/C24H24N8O2S/c1-15-3-2-4-18(28-15)22-26-11-7-20(31-22)30-21-8-12-27-24(32-21)29-16-13-19(35-14-16)23(33)34-17-5-9-25-10-6-17/h2-4,7-8,11-14,17,25H,5-6,9-10H2,1H3,(H2,26,27,29,30,31,32). The third-order valence-corrected chi connectivity index (χ3v) is 6.21. The molecular formula is C24H24N8O2S. The zero-order valence-electron chi connectivity index (χ0n) is 19.1. The molecule has 178 valence electrons. The number of anilines is 4. The number of hydrogen-bond donors (Lipinski definition) is 3. The molecule has 1 aliphatic heterocycles. The van der Waals surface area contributed by atoms with Crippen molar-refractivity contribution < 1.29 is 9.53 Å². The topological polar surface area (TPSA) is 127 Å². The smallest absolute Gasteiger partial charge is 0.348 e. The van der Waals surface area contributed by atoms with Gasteiger partial charge in [0.2, 0.25) is 5.95 Å². The number of hydrogen-bond acceptors (Lipinski definition) is 11. The second kappa shape index (κ2) is 10.5. The molecule has 0 saturated carbocycles. The van der Waals surface area contributed by atoms with Crippen molar-refractivity contribution in [3.05, 3.63) is 64.7 Å². The van der Waals surface area contributed by atoms with E-state index >= 15 is 0 Å². The van der Waals surface area contributed by atoms with E-state index in [4.69, 9.17) is 4.74 Å². The molecule has 4 aromatic heterocycles. The van der Waals surface area contributed by atoms with Gasteiger partial charge in [0.05, 0.1) is 5.69 Å². The van der Waals surface area contributed by atoms with E-state index in [2.05, 4.69) is 40.9 Å². The van der Waals surface area contributed by atoms with Crippen LogP contribution >= 0.6 is 11.3 Å². The van der Waals surface area contributed by atoms with Crippen LogP contribution < -0.4 is 16.0 Å². The summed E-state index contributed by atoms with van der Waals surface area (Å²) in [5, 5.41) is 11.4. The van der Waals surface area contributed by atoms with Crippen LogP contribution in [0.15, 0.2) is 54.2 Å². The SMILES string of the molecule is Cc1cccc(-c2nccc(Nc3ccnc(Nc4csc(C(=O)OC5CCNCC5)c4)n3)n2)n1. The van der Waals surface area contributed by atoms with Gasteiger partial charge in [0.1, 0.15) is 28.3 Å². The van der Waals surface area contributed by atoms with Gasteiger partial charge in [0.15, 0.2) is 5.82 Å². The van der Waals surface area contributed by atoms with Crippen molar-refractivity contribution in [3.63, 3.8) is 0 Å². The van der Waals surface area contributed by atoms with E-state index in [1.807, 2.05) is 30.5 Å². The van der Waals surface area contributed by atoms with Gasteiger partial charge in [0.25, 0.3) is 0 Å². The van der Waals surface area contributed by atoms with Crippen LogP contribution in [0, 0.1) is 6.92 Å². The van der Waals surface area contributed by atoms with Crippen molar-refractivity contribution in [3.8, 4) is 11.5 Å². The van der Waals surface area contributed by atoms with Gasteiger partial charge in [-0.15, -0.1) is 11.3 Å². The van der Waals surface area contributed by atoms with Gasteiger partial charge >= 0.3 is 5.97 Å². The van der Waals surface area contributed by atoms with E-state index in [9.17, 15) is 4.79 Å². The lowest BCUT2D eigenvalue weighted by molar-refractivity contribution is 0.0235. The Morgan fingerprint density at radius 3 is 2.66 bits per heavy atom. The summed E-state index contributed by atoms with van der Waals surface area (Å²) in [7, 11) is 0. The maximum absolute atomic E-state index is 12.5. The highest BCUT2D eigenvalue weighted by molar-refractivity contribution is 7.12. The molecule has 1 fully saturated rings. The molecule has 4 aromatic rings. The molecule has 0 aliphatic carbocycles. The Morgan fingerprint density at radius 2 is 1.83 bits per heavy atom. The lowest BCUT2D eigenvalue weighted by Gasteiger charge is -2.22. The Kier molecular flexibility index (Phi) is 6.87. The molecule has 5 heterocycles. The minimum atomic E-state index is -0.297. The van der Waals surface area contributed by atoms with Crippen molar-refractivity contribution in [1.82, 2.24) is 30.2 Å². The van der Waals surface area contributed by atoms with E-state index < -0.39 is 0 Å². The van der Waals surface area contributed by atoms with Gasteiger partial charge in [-0.3, -0.25) is 0 Å². The van der Waals surface area contributed by atoms with E-state index in [1.54, 1.807) is 30.6 Å². The fraction of sp³-hybridized carbons (Fsp3) is 0.250. The number of ether oxygens (including phenoxy) is 1. The minimum Gasteiger partial charge on any atom is -0.458 e. The monoisotopic (exact) mass is 488 g/mol. The molecule has 0 atom stereocenters. The first-order valence-electron chi connectivity index (χ1n) is 11.3. The lowest BCUT2D eigenvalue weighted by Crippen LogP contribution is -2.33. The molecule has 3 N–H and O–H groups in total. The average molecular weight is 489 g/mol. The van der Waals surface area contributed by atoms with Crippen molar-refractivity contribution in [2.45, 2.75) is 25.9 Å². The van der Waals surface area contributed by atoms with Gasteiger partial charge < -0.3 is 20.7 Å². The molecule has 0 amide bonds. The number of rotatable bonds is 7. The fourth-order valence-electron chi connectivity index (χ4n) is 3.60. The summed E-state index contributed by atoms with van der Waals surface area (Å²) in [6.07, 6.45) is 4.96. The summed E-state index contributed by atoms with van der Waals surface area (Å²) in [5.74, 6) is 1.76. The molecule has 0 bridgehead atoms. The Balaban J connectivity index is 1.24. The maximum atomic E-state index is 12.5. The number of nitrogens with zero attached hydrogens (tertiary/aromatic N) is 5. The molecular weight excluding hydrogens is 464 g/mol. The number of aryl methyl sites for hydroxylation is 1. The van der Waals surface area contributed by atoms with Crippen LogP contribution in [0.2, 0.25) is 0 Å². The normalized spacial score (nSPS) is 13.9. The number of thiophene rings is 1. The summed E-state index contributed by atoms with van der Waals surface area (Å²) in [5.41, 5.74) is 2.32. The molecule has 11 heteroatoms. The molecule has 0 spiro atoms. The molecule has 0 radical (unpaired) electrons. The van der Waals surface area contributed by atoms with Crippen molar-refractivity contribution in [2.24, 2.45) is 0 Å². The molecule has 5 rings (SSSR count). The highest BCUT2D eigenvalue weighted by Crippen LogP contribution is 2.24. The number of nitrogens with one attached hydrogen (secondary N) is 3. The van der Waals surface area contributed by atoms with Crippen molar-refractivity contribution in [1.29, 1.82) is 0 Å². The van der Waals surface area contributed by atoms with Gasteiger partial charge in [-0.25, -0.2) is 24.7 Å². The van der Waals surface area contributed by atoms with Crippen LogP contribution in [-0.2, 0) is 4.74 Å². The largest absolute Gasteiger partial charge is 0.458 e. The molecule has 10 nitrogen and oxygen atoms in total. The molecule has 0 unspecified atom stereocenters. The Hall–Kier alpha value is -3.96. The number of esters is 1. The third kappa shape index (κ3) is 5.94. The number of carbonyl (C=O) groups is 1. The zero-order valence-corrected chi connectivity index (χ0v) is 19.9. The Bertz CT molecular complexity index is 1320. The molecule has 0 aromatic carbocycles. The molecule has 1 aliphatic rings. The van der Waals surface area contributed by atoms with E-state index in [0.717, 1.165) is 37.3 Å². The summed E-state index contributed by atoms with van der Waals surface area (Å²) < 4.78 is 5.62. The third-order valence-electron chi connectivity index (χ3n) is 5.30. The van der Waals surface area contributed by atoms with Gasteiger partial charge in [0, 0.05) is 23.5 Å². The summed E-state index contributed by atoms with van der Waals surface area (Å²) in [6, 6.07) is 11.0. The number of carbonyl (C=O) groups excluding carboxylic acids is 1. The zero-order chi connectivity index (χ0) is 24.0. The Morgan fingerprint density at radius 1 is 1.03 bits per heavy atom.